The van der Waals surface area contributed by atoms with Crippen molar-refractivity contribution in [3.63, 3.8) is 0 Å². The van der Waals surface area contributed by atoms with Crippen LogP contribution < -0.4 is 11.1 Å². The molecule has 0 spiro atoms. The van der Waals surface area contributed by atoms with Crippen molar-refractivity contribution in [1.29, 1.82) is 0 Å². The monoisotopic (exact) mass is 298 g/mol. The van der Waals surface area contributed by atoms with Gasteiger partial charge < -0.3 is 11.1 Å². The summed E-state index contributed by atoms with van der Waals surface area (Å²) in [4.78, 5) is 20.6. The van der Waals surface area contributed by atoms with Crippen molar-refractivity contribution in [2.24, 2.45) is 5.73 Å². The first-order valence-electron chi connectivity index (χ1n) is 6.56. The molecular formula is C15H14N4OS. The lowest BCUT2D eigenvalue weighted by molar-refractivity contribution is 0.102. The Bertz CT molecular complexity index is 779. The summed E-state index contributed by atoms with van der Waals surface area (Å²) in [5.41, 5.74) is 6.68. The number of carbonyl (C=O) groups excluding carboxylic acids is 1. The fourth-order valence-corrected chi connectivity index (χ4v) is 2.87. The predicted molar refractivity (Wildman–Crippen MR) is 84.6 cm³/mol. The van der Waals surface area contributed by atoms with Crippen molar-refractivity contribution in [1.82, 2.24) is 9.97 Å². The van der Waals surface area contributed by atoms with E-state index < -0.39 is 0 Å². The first-order valence-corrected chi connectivity index (χ1v) is 7.44. The molecule has 0 saturated carbocycles. The van der Waals surface area contributed by atoms with Crippen molar-refractivity contribution in [2.75, 3.05) is 11.9 Å². The minimum Gasteiger partial charge on any atom is -0.330 e. The molecule has 5 nitrogen and oxygen atoms in total. The molecule has 3 aromatic rings. The summed E-state index contributed by atoms with van der Waals surface area (Å²) in [6, 6.07) is 7.60. The molecule has 106 valence electrons. The first kappa shape index (κ1) is 13.7. The van der Waals surface area contributed by atoms with E-state index in [9.17, 15) is 4.79 Å². The topological polar surface area (TPSA) is 80.9 Å². The Kier molecular flexibility index (Phi) is 3.89. The molecule has 0 aliphatic rings. The summed E-state index contributed by atoms with van der Waals surface area (Å²) in [6.07, 6.45) is 4.17. The molecule has 21 heavy (non-hydrogen) atoms. The van der Waals surface area contributed by atoms with Crippen LogP contribution in [0.5, 0.6) is 0 Å². The summed E-state index contributed by atoms with van der Waals surface area (Å²) in [6.45, 7) is 0.533. The van der Waals surface area contributed by atoms with Crippen molar-refractivity contribution >= 4 is 33.7 Å². The lowest BCUT2D eigenvalue weighted by atomic mass is 10.1. The predicted octanol–water partition coefficient (Wildman–Crippen LogP) is 2.44. The number of amides is 1. The zero-order valence-corrected chi connectivity index (χ0v) is 12.1. The third-order valence-corrected chi connectivity index (χ3v) is 3.98. The Hall–Kier alpha value is -2.31. The third kappa shape index (κ3) is 2.91. The molecule has 1 amide bonds. The molecule has 2 aromatic heterocycles. The van der Waals surface area contributed by atoms with E-state index in [0.717, 1.165) is 21.5 Å². The number of aromatic nitrogens is 2. The van der Waals surface area contributed by atoms with Gasteiger partial charge in [0.25, 0.3) is 5.91 Å². The number of anilines is 1. The van der Waals surface area contributed by atoms with Gasteiger partial charge in [0.2, 0.25) is 0 Å². The Morgan fingerprint density at radius 1 is 1.33 bits per heavy atom. The number of thiazole rings is 1. The van der Waals surface area contributed by atoms with Crippen molar-refractivity contribution in [3.05, 3.63) is 52.7 Å². The molecule has 3 rings (SSSR count). The van der Waals surface area contributed by atoms with Crippen molar-refractivity contribution in [2.45, 2.75) is 6.42 Å². The second kappa shape index (κ2) is 5.99. The van der Waals surface area contributed by atoms with Gasteiger partial charge in [0.05, 0.1) is 5.01 Å². The number of nitrogens with two attached hydrogens (primary N) is 1. The Labute approximate surface area is 125 Å². The smallest absolute Gasteiger partial charge is 0.275 e. The van der Waals surface area contributed by atoms with Gasteiger partial charge in [-0.2, -0.15) is 0 Å². The fourth-order valence-electron chi connectivity index (χ4n) is 2.07. The van der Waals surface area contributed by atoms with E-state index in [4.69, 9.17) is 5.73 Å². The maximum absolute atomic E-state index is 12.3. The molecule has 1 aromatic carbocycles. The number of benzene rings is 1. The molecule has 0 unspecified atom stereocenters. The molecule has 0 radical (unpaired) electrons. The average molecular weight is 298 g/mol. The molecule has 0 aliphatic carbocycles. The highest BCUT2D eigenvalue weighted by Crippen LogP contribution is 2.23. The lowest BCUT2D eigenvalue weighted by Gasteiger charge is -2.07. The van der Waals surface area contributed by atoms with Crippen molar-refractivity contribution in [3.8, 4) is 0 Å². The van der Waals surface area contributed by atoms with Gasteiger partial charge in [0.1, 0.15) is 5.69 Å². The highest BCUT2D eigenvalue weighted by Gasteiger charge is 2.12. The molecule has 0 fully saturated rings. The van der Waals surface area contributed by atoms with E-state index >= 15 is 0 Å². The minimum atomic E-state index is -0.209. The molecular weight excluding hydrogens is 284 g/mol. The van der Waals surface area contributed by atoms with E-state index in [2.05, 4.69) is 15.3 Å². The third-order valence-electron chi connectivity index (χ3n) is 3.07. The number of hydrogen-bond donors (Lipinski definition) is 2. The summed E-state index contributed by atoms with van der Waals surface area (Å²) in [5.74, 6) is -0.209. The molecule has 0 bridgehead atoms. The van der Waals surface area contributed by atoms with Crippen LogP contribution in [0.3, 0.4) is 0 Å². The summed E-state index contributed by atoms with van der Waals surface area (Å²) in [5, 5.41) is 7.48. The van der Waals surface area contributed by atoms with Gasteiger partial charge in [-0.25, -0.2) is 4.98 Å². The number of rotatable bonds is 4. The van der Waals surface area contributed by atoms with E-state index in [1.807, 2.05) is 24.3 Å². The molecule has 6 heteroatoms. The van der Waals surface area contributed by atoms with Crippen LogP contribution in [0.15, 0.2) is 42.0 Å². The number of nitrogens with one attached hydrogen (secondary N) is 1. The number of pyridine rings is 1. The van der Waals surface area contributed by atoms with Gasteiger partial charge in [-0.15, -0.1) is 11.3 Å². The molecule has 2 heterocycles. The van der Waals surface area contributed by atoms with Gasteiger partial charge in [-0.05, 0) is 18.7 Å². The second-order valence-electron chi connectivity index (χ2n) is 4.52. The zero-order valence-electron chi connectivity index (χ0n) is 11.2. The number of nitrogens with zero attached hydrogens (tertiary/aromatic N) is 2. The van der Waals surface area contributed by atoms with Crippen molar-refractivity contribution < 1.29 is 4.79 Å². The SMILES string of the molecule is NCCc1nc(C(=O)Nc2cccc3cnccc23)cs1. The van der Waals surface area contributed by atoms with Gasteiger partial charge in [0.15, 0.2) is 0 Å². The molecule has 0 aliphatic heterocycles. The van der Waals surface area contributed by atoms with E-state index in [1.54, 1.807) is 17.8 Å². The van der Waals surface area contributed by atoms with Crippen LogP contribution in [0.4, 0.5) is 5.69 Å². The van der Waals surface area contributed by atoms with E-state index in [1.165, 1.54) is 11.3 Å². The summed E-state index contributed by atoms with van der Waals surface area (Å²) >= 11 is 1.45. The Morgan fingerprint density at radius 2 is 2.24 bits per heavy atom. The van der Waals surface area contributed by atoms with Gasteiger partial charge in [-0.1, -0.05) is 12.1 Å². The van der Waals surface area contributed by atoms with Crippen LogP contribution >= 0.6 is 11.3 Å². The normalized spacial score (nSPS) is 10.7. The zero-order chi connectivity index (χ0) is 14.7. The Morgan fingerprint density at radius 3 is 3.10 bits per heavy atom. The highest BCUT2D eigenvalue weighted by atomic mass is 32.1. The van der Waals surface area contributed by atoms with E-state index in [-0.39, 0.29) is 5.91 Å². The maximum Gasteiger partial charge on any atom is 0.275 e. The van der Waals surface area contributed by atoms with Gasteiger partial charge in [0, 0.05) is 40.7 Å². The van der Waals surface area contributed by atoms with Crippen LogP contribution in [0.1, 0.15) is 15.5 Å². The quantitative estimate of drug-likeness (QED) is 0.775. The van der Waals surface area contributed by atoms with Crippen LogP contribution in [-0.2, 0) is 6.42 Å². The standard InChI is InChI=1S/C15H14N4OS/c16-6-4-14-18-13(9-21-14)15(20)19-12-3-1-2-10-8-17-7-5-11(10)12/h1-3,5,7-9H,4,6,16H2,(H,19,20). The van der Waals surface area contributed by atoms with Crippen LogP contribution in [0.2, 0.25) is 0 Å². The molecule has 0 atom stereocenters. The van der Waals surface area contributed by atoms with Gasteiger partial charge >= 0.3 is 0 Å². The number of hydrogen-bond acceptors (Lipinski definition) is 5. The average Bonchev–Trinajstić information content (AvgIpc) is 2.97. The molecule has 3 N–H and O–H groups in total. The Balaban J connectivity index is 1.85. The minimum absolute atomic E-state index is 0.209. The summed E-state index contributed by atoms with van der Waals surface area (Å²) < 4.78 is 0. The van der Waals surface area contributed by atoms with Crippen LogP contribution in [0.25, 0.3) is 10.8 Å². The largest absolute Gasteiger partial charge is 0.330 e. The van der Waals surface area contributed by atoms with Crippen LogP contribution in [0, 0.1) is 0 Å². The number of fused-ring (bicyclic) bond motifs is 1. The maximum atomic E-state index is 12.3. The first-order chi connectivity index (χ1) is 10.3. The second-order valence-corrected chi connectivity index (χ2v) is 5.46. The summed E-state index contributed by atoms with van der Waals surface area (Å²) in [7, 11) is 0. The highest BCUT2D eigenvalue weighted by molar-refractivity contribution is 7.09. The van der Waals surface area contributed by atoms with Crippen LogP contribution in [-0.4, -0.2) is 22.4 Å². The van der Waals surface area contributed by atoms with Gasteiger partial charge in [-0.3, -0.25) is 9.78 Å². The molecule has 0 saturated heterocycles. The van der Waals surface area contributed by atoms with E-state index in [0.29, 0.717) is 18.7 Å². The number of carbonyl (C=O) groups is 1. The lowest BCUT2D eigenvalue weighted by Crippen LogP contribution is -2.13. The fraction of sp³-hybridized carbons (Fsp3) is 0.133.